The van der Waals surface area contributed by atoms with Crippen molar-refractivity contribution < 1.29 is 22.7 Å². The van der Waals surface area contributed by atoms with Gasteiger partial charge in [-0.15, -0.1) is 0 Å². The molecule has 0 bridgehead atoms. The van der Waals surface area contributed by atoms with Gasteiger partial charge >= 0.3 is 0 Å². The minimum absolute atomic E-state index is 0.111. The monoisotopic (exact) mass is 370 g/mol. The van der Waals surface area contributed by atoms with E-state index in [4.69, 9.17) is 9.47 Å². The van der Waals surface area contributed by atoms with Gasteiger partial charge in [0.05, 0.1) is 24.2 Å². The average Bonchev–Trinajstić information content (AvgIpc) is 2.61. The molecule has 1 N–H and O–H groups in total. The summed E-state index contributed by atoms with van der Waals surface area (Å²) in [5.41, 5.74) is 0.199. The van der Waals surface area contributed by atoms with Crippen molar-refractivity contribution in [2.75, 3.05) is 40.5 Å². The van der Waals surface area contributed by atoms with Crippen LogP contribution in [0.3, 0.4) is 0 Å². The summed E-state index contributed by atoms with van der Waals surface area (Å²) in [6.45, 7) is 3.84. The lowest BCUT2D eigenvalue weighted by atomic mass is 10.0. The van der Waals surface area contributed by atoms with Crippen molar-refractivity contribution in [3.63, 3.8) is 0 Å². The molecule has 0 aliphatic carbocycles. The van der Waals surface area contributed by atoms with E-state index in [1.807, 2.05) is 0 Å². The first-order chi connectivity index (χ1) is 11.9. The highest BCUT2D eigenvalue weighted by Gasteiger charge is 2.29. The first-order valence-corrected chi connectivity index (χ1v) is 9.79. The molecule has 7 nitrogen and oxygen atoms in total. The van der Waals surface area contributed by atoms with E-state index in [-0.39, 0.29) is 10.5 Å². The van der Waals surface area contributed by atoms with Gasteiger partial charge in [-0.3, -0.25) is 4.79 Å². The molecule has 0 saturated carbocycles. The van der Waals surface area contributed by atoms with Gasteiger partial charge in [0.25, 0.3) is 5.91 Å². The van der Waals surface area contributed by atoms with Crippen molar-refractivity contribution in [1.82, 2.24) is 9.62 Å². The van der Waals surface area contributed by atoms with Crippen LogP contribution in [0.25, 0.3) is 0 Å². The van der Waals surface area contributed by atoms with E-state index in [1.54, 1.807) is 7.11 Å². The maximum Gasteiger partial charge on any atom is 0.255 e. The highest BCUT2D eigenvalue weighted by molar-refractivity contribution is 7.89. The number of hydrogen-bond donors (Lipinski definition) is 1. The molecule has 1 aromatic rings. The number of methoxy groups -OCH3 is 2. The minimum Gasteiger partial charge on any atom is -0.496 e. The van der Waals surface area contributed by atoms with Crippen LogP contribution in [0.4, 0.5) is 0 Å². The standard InChI is InChI=1S/C17H26N2O5S/c1-13-6-9-19(10-7-13)25(21,22)14-4-5-16(24-3)15(12-14)17(20)18-8-11-23-2/h4-5,12-13H,6-11H2,1-3H3,(H,18,20). The lowest BCUT2D eigenvalue weighted by Crippen LogP contribution is -2.38. The summed E-state index contributed by atoms with van der Waals surface area (Å²) in [4.78, 5) is 12.5. The molecule has 2 rings (SSSR count). The quantitative estimate of drug-likeness (QED) is 0.735. The molecule has 1 aliphatic rings. The number of benzene rings is 1. The average molecular weight is 370 g/mol. The molecule has 1 aromatic carbocycles. The Bertz CT molecular complexity index is 697. The Kier molecular flexibility index (Phi) is 6.80. The number of amides is 1. The molecule has 0 radical (unpaired) electrons. The molecule has 1 heterocycles. The summed E-state index contributed by atoms with van der Waals surface area (Å²) in [5, 5.41) is 2.69. The van der Waals surface area contributed by atoms with Gasteiger partial charge in [-0.05, 0) is 37.0 Å². The van der Waals surface area contributed by atoms with Crippen LogP contribution >= 0.6 is 0 Å². The Balaban J connectivity index is 2.26. The Hall–Kier alpha value is -1.64. The fourth-order valence-corrected chi connectivity index (χ4v) is 4.26. The molecule has 0 aromatic heterocycles. The smallest absolute Gasteiger partial charge is 0.255 e. The van der Waals surface area contributed by atoms with E-state index in [1.165, 1.54) is 29.6 Å². The summed E-state index contributed by atoms with van der Waals surface area (Å²) >= 11 is 0. The molecular weight excluding hydrogens is 344 g/mol. The molecular formula is C17H26N2O5S. The third-order valence-corrected chi connectivity index (χ3v) is 6.28. The number of carbonyl (C=O) groups excluding carboxylic acids is 1. The number of carbonyl (C=O) groups is 1. The number of piperidine rings is 1. The van der Waals surface area contributed by atoms with Crippen molar-refractivity contribution >= 4 is 15.9 Å². The Morgan fingerprint density at radius 2 is 1.96 bits per heavy atom. The molecule has 0 spiro atoms. The van der Waals surface area contributed by atoms with Gasteiger partial charge in [0.2, 0.25) is 10.0 Å². The zero-order chi connectivity index (χ0) is 18.4. The molecule has 140 valence electrons. The van der Waals surface area contributed by atoms with E-state index >= 15 is 0 Å². The Labute approximate surface area is 149 Å². The molecule has 0 atom stereocenters. The lowest BCUT2D eigenvalue weighted by molar-refractivity contribution is 0.0934. The van der Waals surface area contributed by atoms with Crippen molar-refractivity contribution in [3.8, 4) is 5.75 Å². The van der Waals surface area contributed by atoms with Gasteiger partial charge in [-0.1, -0.05) is 6.92 Å². The maximum absolute atomic E-state index is 12.9. The summed E-state index contributed by atoms with van der Waals surface area (Å²) in [7, 11) is -0.632. The molecule has 0 unspecified atom stereocenters. The second-order valence-electron chi connectivity index (χ2n) is 6.20. The number of ether oxygens (including phenoxy) is 2. The Morgan fingerprint density at radius 3 is 2.56 bits per heavy atom. The molecule has 1 amide bonds. The van der Waals surface area contributed by atoms with E-state index in [0.29, 0.717) is 37.9 Å². The Morgan fingerprint density at radius 1 is 1.28 bits per heavy atom. The van der Waals surface area contributed by atoms with E-state index in [2.05, 4.69) is 12.2 Å². The van der Waals surface area contributed by atoms with Gasteiger partial charge in [0.1, 0.15) is 5.75 Å². The summed E-state index contributed by atoms with van der Waals surface area (Å²) in [6.07, 6.45) is 1.69. The predicted molar refractivity (Wildman–Crippen MR) is 94.4 cm³/mol. The zero-order valence-corrected chi connectivity index (χ0v) is 15.8. The van der Waals surface area contributed by atoms with Gasteiger partial charge < -0.3 is 14.8 Å². The fraction of sp³-hybridized carbons (Fsp3) is 0.588. The largest absolute Gasteiger partial charge is 0.496 e. The molecule has 25 heavy (non-hydrogen) atoms. The number of hydrogen-bond acceptors (Lipinski definition) is 5. The van der Waals surface area contributed by atoms with Crippen LogP contribution in [0.1, 0.15) is 30.1 Å². The maximum atomic E-state index is 12.9. The van der Waals surface area contributed by atoms with Gasteiger partial charge in [0, 0.05) is 26.7 Å². The molecule has 1 saturated heterocycles. The normalized spacial score (nSPS) is 16.6. The summed E-state index contributed by atoms with van der Waals surface area (Å²) in [6, 6.07) is 4.39. The van der Waals surface area contributed by atoms with Crippen molar-refractivity contribution in [3.05, 3.63) is 23.8 Å². The van der Waals surface area contributed by atoms with Gasteiger partial charge in [-0.25, -0.2) is 8.42 Å². The third-order valence-electron chi connectivity index (χ3n) is 4.39. The van der Waals surface area contributed by atoms with Crippen LogP contribution in [0.2, 0.25) is 0 Å². The van der Waals surface area contributed by atoms with E-state index in [9.17, 15) is 13.2 Å². The summed E-state index contributed by atoms with van der Waals surface area (Å²) in [5.74, 6) is 0.476. The van der Waals surface area contributed by atoms with E-state index in [0.717, 1.165) is 12.8 Å². The topological polar surface area (TPSA) is 84.9 Å². The second kappa shape index (κ2) is 8.64. The molecule has 8 heteroatoms. The highest BCUT2D eigenvalue weighted by atomic mass is 32.2. The second-order valence-corrected chi connectivity index (χ2v) is 8.14. The molecule has 1 aliphatic heterocycles. The lowest BCUT2D eigenvalue weighted by Gasteiger charge is -2.29. The predicted octanol–water partition coefficient (Wildman–Crippen LogP) is 1.49. The zero-order valence-electron chi connectivity index (χ0n) is 14.9. The fourth-order valence-electron chi connectivity index (χ4n) is 2.76. The molecule has 1 fully saturated rings. The number of nitrogens with one attached hydrogen (secondary N) is 1. The number of sulfonamides is 1. The highest BCUT2D eigenvalue weighted by Crippen LogP contribution is 2.27. The van der Waals surface area contributed by atoms with Crippen LogP contribution in [0, 0.1) is 5.92 Å². The third kappa shape index (κ3) is 4.71. The number of rotatable bonds is 7. The number of nitrogens with zero attached hydrogens (tertiary/aromatic N) is 1. The van der Waals surface area contributed by atoms with Crippen LogP contribution in [0.15, 0.2) is 23.1 Å². The van der Waals surface area contributed by atoms with Crippen LogP contribution < -0.4 is 10.1 Å². The van der Waals surface area contributed by atoms with Gasteiger partial charge in [0.15, 0.2) is 0 Å². The van der Waals surface area contributed by atoms with E-state index < -0.39 is 15.9 Å². The van der Waals surface area contributed by atoms with Crippen LogP contribution in [0.5, 0.6) is 5.75 Å². The van der Waals surface area contributed by atoms with Gasteiger partial charge in [-0.2, -0.15) is 4.31 Å². The SMILES string of the molecule is COCCNC(=O)c1cc(S(=O)(=O)N2CCC(C)CC2)ccc1OC. The van der Waals surface area contributed by atoms with Crippen molar-refractivity contribution in [2.24, 2.45) is 5.92 Å². The van der Waals surface area contributed by atoms with Crippen LogP contribution in [-0.4, -0.2) is 59.1 Å². The van der Waals surface area contributed by atoms with Crippen molar-refractivity contribution in [2.45, 2.75) is 24.7 Å². The van der Waals surface area contributed by atoms with Crippen LogP contribution in [-0.2, 0) is 14.8 Å². The first-order valence-electron chi connectivity index (χ1n) is 8.35. The minimum atomic E-state index is -3.62. The van der Waals surface area contributed by atoms with Crippen molar-refractivity contribution in [1.29, 1.82) is 0 Å². The first kappa shape index (κ1) is 19.7. The summed E-state index contributed by atoms with van der Waals surface area (Å²) < 4.78 is 37.3.